The summed E-state index contributed by atoms with van der Waals surface area (Å²) in [5.41, 5.74) is 0.288. The molecule has 6 nitrogen and oxygen atoms in total. The van der Waals surface area contributed by atoms with Crippen molar-refractivity contribution in [1.82, 2.24) is 20.0 Å². The molecule has 1 N–H and O–H groups in total. The lowest BCUT2D eigenvalue weighted by Gasteiger charge is -2.46. The molecule has 0 atom stereocenters. The Labute approximate surface area is 142 Å². The third-order valence-electron chi connectivity index (χ3n) is 4.87. The van der Waals surface area contributed by atoms with Crippen LogP contribution < -0.4 is 5.32 Å². The van der Waals surface area contributed by atoms with Gasteiger partial charge in [0.1, 0.15) is 0 Å². The Balaban J connectivity index is 1.33. The number of piperazine rings is 1. The van der Waals surface area contributed by atoms with Crippen LogP contribution in [-0.4, -0.2) is 113 Å². The molecule has 23 heavy (non-hydrogen) atoms. The molecule has 0 unspecified atom stereocenters. The van der Waals surface area contributed by atoms with Gasteiger partial charge in [-0.1, -0.05) is 6.92 Å². The fourth-order valence-corrected chi connectivity index (χ4v) is 3.53. The molecule has 0 spiro atoms. The van der Waals surface area contributed by atoms with Crippen molar-refractivity contribution >= 4 is 0 Å². The van der Waals surface area contributed by atoms with Gasteiger partial charge in [0.15, 0.2) is 0 Å². The second-order valence-electron chi connectivity index (χ2n) is 7.16. The zero-order valence-electron chi connectivity index (χ0n) is 15.4. The van der Waals surface area contributed by atoms with Crippen LogP contribution in [0.15, 0.2) is 0 Å². The van der Waals surface area contributed by atoms with Crippen molar-refractivity contribution in [2.75, 3.05) is 92.4 Å². The first kappa shape index (κ1) is 19.1. The number of ether oxygens (including phenoxy) is 2. The van der Waals surface area contributed by atoms with Crippen molar-refractivity contribution < 1.29 is 9.47 Å². The Bertz CT molecular complexity index is 316. The summed E-state index contributed by atoms with van der Waals surface area (Å²) >= 11 is 0. The highest BCUT2D eigenvalue weighted by Crippen LogP contribution is 2.17. The zero-order chi connectivity index (χ0) is 16.5. The third-order valence-corrected chi connectivity index (χ3v) is 4.87. The number of likely N-dealkylation sites (tertiary alicyclic amines) is 1. The Morgan fingerprint density at radius 2 is 1.52 bits per heavy atom. The fourth-order valence-electron chi connectivity index (χ4n) is 3.53. The zero-order valence-corrected chi connectivity index (χ0v) is 15.4. The van der Waals surface area contributed by atoms with Crippen molar-refractivity contribution in [2.24, 2.45) is 0 Å². The minimum atomic E-state index is 0.288. The van der Waals surface area contributed by atoms with E-state index in [1.165, 1.54) is 32.7 Å². The number of hydrogen-bond donors (Lipinski definition) is 1. The quantitative estimate of drug-likeness (QED) is 0.537. The van der Waals surface area contributed by atoms with Crippen LogP contribution in [-0.2, 0) is 9.47 Å². The molecule has 0 radical (unpaired) electrons. The van der Waals surface area contributed by atoms with Gasteiger partial charge in [-0.15, -0.1) is 0 Å². The van der Waals surface area contributed by atoms with Crippen LogP contribution in [0.4, 0.5) is 0 Å². The number of hydrogen-bond acceptors (Lipinski definition) is 6. The maximum atomic E-state index is 5.68. The number of nitrogens with zero attached hydrogens (tertiary/aromatic N) is 3. The van der Waals surface area contributed by atoms with Crippen LogP contribution in [0.5, 0.6) is 0 Å². The SMILES string of the molecule is CCN1CCN(CCOCCOCCNC2(C)CN(C)C2)CC1. The molecular formula is C17H36N4O2. The molecule has 136 valence electrons. The minimum absolute atomic E-state index is 0.288. The molecule has 2 fully saturated rings. The van der Waals surface area contributed by atoms with Crippen LogP contribution in [0.25, 0.3) is 0 Å². The summed E-state index contributed by atoms with van der Waals surface area (Å²) in [5, 5.41) is 3.56. The molecule has 2 aliphatic heterocycles. The van der Waals surface area contributed by atoms with Gasteiger partial charge in [-0.05, 0) is 20.5 Å². The van der Waals surface area contributed by atoms with Gasteiger partial charge in [-0.25, -0.2) is 0 Å². The third kappa shape index (κ3) is 7.03. The van der Waals surface area contributed by atoms with E-state index in [2.05, 4.69) is 40.9 Å². The highest BCUT2D eigenvalue weighted by Gasteiger charge is 2.35. The molecule has 2 aliphatic rings. The summed E-state index contributed by atoms with van der Waals surface area (Å²) in [6, 6.07) is 0. The number of nitrogens with one attached hydrogen (secondary N) is 1. The normalized spacial score (nSPS) is 23.1. The lowest BCUT2D eigenvalue weighted by molar-refractivity contribution is 0.0261. The van der Waals surface area contributed by atoms with E-state index >= 15 is 0 Å². The first-order valence-corrected chi connectivity index (χ1v) is 9.15. The largest absolute Gasteiger partial charge is 0.378 e. The predicted molar refractivity (Wildman–Crippen MR) is 94.1 cm³/mol. The molecule has 0 bridgehead atoms. The van der Waals surface area contributed by atoms with E-state index in [-0.39, 0.29) is 5.54 Å². The van der Waals surface area contributed by atoms with Gasteiger partial charge in [0.05, 0.1) is 26.4 Å². The van der Waals surface area contributed by atoms with E-state index in [1.54, 1.807) is 0 Å². The summed E-state index contributed by atoms with van der Waals surface area (Å²) in [4.78, 5) is 7.32. The molecule has 2 heterocycles. The fraction of sp³-hybridized carbons (Fsp3) is 1.00. The van der Waals surface area contributed by atoms with E-state index in [0.29, 0.717) is 13.2 Å². The predicted octanol–water partition coefficient (Wildman–Crippen LogP) is -0.0492. The monoisotopic (exact) mass is 328 g/mol. The highest BCUT2D eigenvalue weighted by atomic mass is 16.5. The van der Waals surface area contributed by atoms with E-state index in [9.17, 15) is 0 Å². The second kappa shape index (κ2) is 9.91. The first-order chi connectivity index (χ1) is 11.1. The lowest BCUT2D eigenvalue weighted by atomic mass is 9.93. The highest BCUT2D eigenvalue weighted by molar-refractivity contribution is 4.97. The average molecular weight is 329 g/mol. The Morgan fingerprint density at radius 1 is 0.913 bits per heavy atom. The van der Waals surface area contributed by atoms with Crippen LogP contribution in [0.3, 0.4) is 0 Å². The van der Waals surface area contributed by atoms with Gasteiger partial charge < -0.3 is 24.6 Å². The van der Waals surface area contributed by atoms with Gasteiger partial charge in [0.2, 0.25) is 0 Å². The maximum absolute atomic E-state index is 5.68. The molecule has 0 saturated carbocycles. The number of rotatable bonds is 11. The molecule has 0 aromatic carbocycles. The molecule has 6 heteroatoms. The topological polar surface area (TPSA) is 40.2 Å². The average Bonchev–Trinajstić information content (AvgIpc) is 2.52. The molecule has 0 amide bonds. The standard InChI is InChI=1S/C17H36N4O2/c1-4-20-6-8-21(9-7-20)10-12-23-14-13-22-11-5-18-17(2)15-19(3)16-17/h18H,4-16H2,1-3H3. The Morgan fingerprint density at radius 3 is 2.13 bits per heavy atom. The van der Waals surface area contributed by atoms with Gasteiger partial charge >= 0.3 is 0 Å². The molecule has 0 aromatic rings. The summed E-state index contributed by atoms with van der Waals surface area (Å²) in [5.74, 6) is 0. The van der Waals surface area contributed by atoms with Crippen molar-refractivity contribution in [1.29, 1.82) is 0 Å². The lowest BCUT2D eigenvalue weighted by Crippen LogP contribution is -2.66. The first-order valence-electron chi connectivity index (χ1n) is 9.15. The number of likely N-dealkylation sites (N-methyl/N-ethyl adjacent to an activating group) is 2. The summed E-state index contributed by atoms with van der Waals surface area (Å²) in [6.07, 6.45) is 0. The second-order valence-corrected chi connectivity index (χ2v) is 7.16. The maximum Gasteiger partial charge on any atom is 0.0701 e. The summed E-state index contributed by atoms with van der Waals surface area (Å²) in [6.45, 7) is 17.6. The van der Waals surface area contributed by atoms with Crippen LogP contribution >= 0.6 is 0 Å². The molecular weight excluding hydrogens is 292 g/mol. The van der Waals surface area contributed by atoms with Crippen molar-refractivity contribution in [3.8, 4) is 0 Å². The summed E-state index contributed by atoms with van der Waals surface area (Å²) in [7, 11) is 2.15. The smallest absolute Gasteiger partial charge is 0.0701 e. The van der Waals surface area contributed by atoms with Crippen LogP contribution in [0.2, 0.25) is 0 Å². The Hall–Kier alpha value is -0.240. The van der Waals surface area contributed by atoms with Gasteiger partial charge in [-0.3, -0.25) is 4.90 Å². The molecule has 2 rings (SSSR count). The van der Waals surface area contributed by atoms with Gasteiger partial charge in [0.25, 0.3) is 0 Å². The van der Waals surface area contributed by atoms with Crippen molar-refractivity contribution in [2.45, 2.75) is 19.4 Å². The van der Waals surface area contributed by atoms with Crippen molar-refractivity contribution in [3.05, 3.63) is 0 Å². The molecule has 0 aliphatic carbocycles. The van der Waals surface area contributed by atoms with Crippen LogP contribution in [0.1, 0.15) is 13.8 Å². The van der Waals surface area contributed by atoms with E-state index in [0.717, 1.165) is 39.4 Å². The van der Waals surface area contributed by atoms with Crippen LogP contribution in [0, 0.1) is 0 Å². The van der Waals surface area contributed by atoms with E-state index in [1.807, 2.05) is 0 Å². The molecule has 2 saturated heterocycles. The minimum Gasteiger partial charge on any atom is -0.378 e. The van der Waals surface area contributed by atoms with E-state index in [4.69, 9.17) is 9.47 Å². The van der Waals surface area contributed by atoms with Gasteiger partial charge in [0, 0.05) is 57.9 Å². The Kier molecular flexibility index (Phi) is 8.23. The van der Waals surface area contributed by atoms with Gasteiger partial charge in [-0.2, -0.15) is 0 Å². The van der Waals surface area contributed by atoms with E-state index < -0.39 is 0 Å². The summed E-state index contributed by atoms with van der Waals surface area (Å²) < 4.78 is 11.3. The van der Waals surface area contributed by atoms with Crippen molar-refractivity contribution in [3.63, 3.8) is 0 Å². The molecule has 0 aromatic heterocycles.